The summed E-state index contributed by atoms with van der Waals surface area (Å²) in [5.41, 5.74) is 2.64. The zero-order valence-electron chi connectivity index (χ0n) is 11.5. The number of nitriles is 1. The van der Waals surface area contributed by atoms with Crippen molar-refractivity contribution in [3.63, 3.8) is 0 Å². The van der Waals surface area contributed by atoms with Gasteiger partial charge in [-0.05, 0) is 64.8 Å². The first-order valence-corrected chi connectivity index (χ1v) is 6.97. The maximum absolute atomic E-state index is 13.1. The van der Waals surface area contributed by atoms with Gasteiger partial charge in [0.15, 0.2) is 5.78 Å². The first-order chi connectivity index (χ1) is 9.93. The van der Waals surface area contributed by atoms with Crippen molar-refractivity contribution >= 4 is 27.8 Å². The third-order valence-corrected chi connectivity index (χ3v) is 3.92. The zero-order chi connectivity index (χ0) is 15.6. The summed E-state index contributed by atoms with van der Waals surface area (Å²) in [5, 5.41) is 8.97. The molecule has 0 aliphatic heterocycles. The van der Waals surface area contributed by atoms with Crippen LogP contribution in [0.15, 0.2) is 34.8 Å². The van der Waals surface area contributed by atoms with E-state index >= 15 is 0 Å². The summed E-state index contributed by atoms with van der Waals surface area (Å²) in [7, 11) is 1.80. The van der Waals surface area contributed by atoms with Gasteiger partial charge < -0.3 is 4.57 Å². The molecule has 0 unspecified atom stereocenters. The molecule has 0 aliphatic rings. The number of hydrogen-bond donors (Lipinski definition) is 0. The molecule has 1 heterocycles. The lowest BCUT2D eigenvalue weighted by atomic mass is 10.1. The molecule has 1 aromatic heterocycles. The normalized spacial score (nSPS) is 10.8. The van der Waals surface area contributed by atoms with Crippen molar-refractivity contribution in [2.24, 2.45) is 7.05 Å². The van der Waals surface area contributed by atoms with E-state index in [1.807, 2.05) is 6.92 Å². The van der Waals surface area contributed by atoms with Crippen LogP contribution in [-0.4, -0.2) is 10.4 Å². The Hall–Kier alpha value is -2.19. The van der Waals surface area contributed by atoms with Gasteiger partial charge in [-0.25, -0.2) is 4.39 Å². The Morgan fingerprint density at radius 1 is 1.43 bits per heavy atom. The van der Waals surface area contributed by atoms with Crippen LogP contribution in [0.3, 0.4) is 0 Å². The molecule has 3 nitrogen and oxygen atoms in total. The molecule has 0 radical (unpaired) electrons. The largest absolute Gasteiger partial charge is 0.339 e. The maximum atomic E-state index is 13.1. The molecule has 2 aromatic rings. The van der Waals surface area contributed by atoms with Crippen LogP contribution in [-0.2, 0) is 7.05 Å². The van der Waals surface area contributed by atoms with Crippen LogP contribution < -0.4 is 0 Å². The van der Waals surface area contributed by atoms with Gasteiger partial charge >= 0.3 is 0 Å². The summed E-state index contributed by atoms with van der Waals surface area (Å²) in [6.07, 6.45) is 3.08. The second-order valence-corrected chi connectivity index (χ2v) is 5.42. The number of allylic oxidation sites excluding steroid dienone is 1. The number of carbonyl (C=O) groups excluding carboxylic acids is 1. The third kappa shape index (κ3) is 3.11. The molecule has 0 aliphatic carbocycles. The quantitative estimate of drug-likeness (QED) is 0.622. The minimum atomic E-state index is -0.409. The fraction of sp³-hybridized carbons (Fsp3) is 0.125. The average Bonchev–Trinajstić information content (AvgIpc) is 2.75. The zero-order valence-corrected chi connectivity index (χ0v) is 13.1. The Balaban J connectivity index is 2.27. The molecule has 0 atom stereocenters. The van der Waals surface area contributed by atoms with Crippen molar-refractivity contribution in [3.05, 3.63) is 63.1 Å². The van der Waals surface area contributed by atoms with Gasteiger partial charge in [0.1, 0.15) is 17.6 Å². The number of aromatic nitrogens is 1. The van der Waals surface area contributed by atoms with E-state index in [1.165, 1.54) is 24.3 Å². The van der Waals surface area contributed by atoms with Gasteiger partial charge in [0.2, 0.25) is 0 Å². The van der Waals surface area contributed by atoms with Crippen LogP contribution in [0.5, 0.6) is 0 Å². The summed E-state index contributed by atoms with van der Waals surface area (Å²) in [4.78, 5) is 12.1. The third-order valence-electron chi connectivity index (χ3n) is 3.31. The predicted molar refractivity (Wildman–Crippen MR) is 82.3 cm³/mol. The highest BCUT2D eigenvalue weighted by molar-refractivity contribution is 9.10. The number of hydrogen-bond acceptors (Lipinski definition) is 2. The van der Waals surface area contributed by atoms with Gasteiger partial charge in [0.25, 0.3) is 0 Å². The number of nitrogens with zero attached hydrogens (tertiary/aromatic N) is 2. The highest BCUT2D eigenvalue weighted by atomic mass is 79.9. The van der Waals surface area contributed by atoms with Gasteiger partial charge in [-0.2, -0.15) is 5.26 Å². The highest BCUT2D eigenvalue weighted by Gasteiger charge is 2.08. The lowest BCUT2D eigenvalue weighted by Crippen LogP contribution is -1.95. The van der Waals surface area contributed by atoms with Crippen LogP contribution in [0.1, 0.15) is 27.3 Å². The molecule has 21 heavy (non-hydrogen) atoms. The molecular formula is C16H12BrFN2O. The number of ketones is 1. The highest BCUT2D eigenvalue weighted by Crippen LogP contribution is 2.19. The summed E-state index contributed by atoms with van der Waals surface area (Å²) < 4.78 is 15.2. The van der Waals surface area contributed by atoms with Crippen LogP contribution in [0, 0.1) is 24.1 Å². The molecule has 0 amide bonds. The standard InChI is InChI=1S/C16H12BrFN2O/c1-10-11(7-13(9-19)20(10)2)4-6-16(21)12-3-5-15(18)14(17)8-12/h3-8H,1-2H3/b6-4+. The van der Waals surface area contributed by atoms with Crippen molar-refractivity contribution in [2.75, 3.05) is 0 Å². The SMILES string of the molecule is Cc1c(/C=C/C(=O)c2ccc(F)c(Br)c2)cc(C#N)n1C. The second kappa shape index (κ2) is 6.06. The molecule has 0 saturated carbocycles. The van der Waals surface area contributed by atoms with E-state index in [0.29, 0.717) is 11.3 Å². The maximum Gasteiger partial charge on any atom is 0.185 e. The Morgan fingerprint density at radius 3 is 2.71 bits per heavy atom. The molecule has 2 rings (SSSR count). The van der Waals surface area contributed by atoms with Crippen molar-refractivity contribution in [1.29, 1.82) is 5.26 Å². The number of rotatable bonds is 3. The Bertz CT molecular complexity index is 784. The van der Waals surface area contributed by atoms with E-state index in [0.717, 1.165) is 11.3 Å². The van der Waals surface area contributed by atoms with Gasteiger partial charge in [-0.15, -0.1) is 0 Å². The Labute approximate surface area is 130 Å². The van der Waals surface area contributed by atoms with E-state index in [9.17, 15) is 9.18 Å². The van der Waals surface area contributed by atoms with E-state index in [-0.39, 0.29) is 10.3 Å². The van der Waals surface area contributed by atoms with E-state index < -0.39 is 5.82 Å². The fourth-order valence-electron chi connectivity index (χ4n) is 1.91. The molecular weight excluding hydrogens is 335 g/mol. The molecule has 5 heteroatoms. The monoisotopic (exact) mass is 346 g/mol. The van der Waals surface area contributed by atoms with E-state index in [4.69, 9.17) is 5.26 Å². The average molecular weight is 347 g/mol. The minimum Gasteiger partial charge on any atom is -0.339 e. The van der Waals surface area contributed by atoms with Crippen molar-refractivity contribution < 1.29 is 9.18 Å². The van der Waals surface area contributed by atoms with Crippen LogP contribution in [0.4, 0.5) is 4.39 Å². The van der Waals surface area contributed by atoms with Crippen LogP contribution >= 0.6 is 15.9 Å². The number of halogens is 2. The van der Waals surface area contributed by atoms with Crippen molar-refractivity contribution in [3.8, 4) is 6.07 Å². The lowest BCUT2D eigenvalue weighted by molar-refractivity contribution is 0.104. The van der Waals surface area contributed by atoms with Crippen molar-refractivity contribution in [2.45, 2.75) is 6.92 Å². The van der Waals surface area contributed by atoms with Crippen LogP contribution in [0.25, 0.3) is 6.08 Å². The summed E-state index contributed by atoms with van der Waals surface area (Å²) in [5.74, 6) is -0.634. The number of carbonyl (C=O) groups is 1. The van der Waals surface area contributed by atoms with E-state index in [2.05, 4.69) is 22.0 Å². The van der Waals surface area contributed by atoms with Gasteiger partial charge in [-0.1, -0.05) is 0 Å². The van der Waals surface area contributed by atoms with Gasteiger partial charge in [0, 0.05) is 18.3 Å². The second-order valence-electron chi connectivity index (χ2n) is 4.57. The smallest absolute Gasteiger partial charge is 0.185 e. The molecule has 0 saturated heterocycles. The lowest BCUT2D eigenvalue weighted by Gasteiger charge is -1.99. The first kappa shape index (κ1) is 15.2. The van der Waals surface area contributed by atoms with Gasteiger partial charge in [0.05, 0.1) is 4.47 Å². The predicted octanol–water partition coefficient (Wildman–Crippen LogP) is 4.00. The molecule has 0 N–H and O–H groups in total. The molecule has 0 bridgehead atoms. The summed E-state index contributed by atoms with van der Waals surface area (Å²) >= 11 is 3.05. The fourth-order valence-corrected chi connectivity index (χ4v) is 2.29. The summed E-state index contributed by atoms with van der Waals surface area (Å²) in [6.45, 7) is 1.87. The molecule has 1 aromatic carbocycles. The molecule has 0 spiro atoms. The molecule has 106 valence electrons. The van der Waals surface area contributed by atoms with Crippen molar-refractivity contribution in [1.82, 2.24) is 4.57 Å². The van der Waals surface area contributed by atoms with Gasteiger partial charge in [-0.3, -0.25) is 4.79 Å². The molecule has 0 fully saturated rings. The number of benzene rings is 1. The minimum absolute atomic E-state index is 0.225. The Kier molecular flexibility index (Phi) is 4.39. The topological polar surface area (TPSA) is 45.8 Å². The Morgan fingerprint density at radius 2 is 2.14 bits per heavy atom. The van der Waals surface area contributed by atoms with E-state index in [1.54, 1.807) is 23.8 Å². The first-order valence-electron chi connectivity index (χ1n) is 6.18. The summed E-state index contributed by atoms with van der Waals surface area (Å²) in [6, 6.07) is 7.93. The van der Waals surface area contributed by atoms with Crippen LogP contribution in [0.2, 0.25) is 0 Å².